The molecule has 2 aromatic rings. The van der Waals surface area contributed by atoms with Crippen LogP contribution in [0.2, 0.25) is 5.02 Å². The van der Waals surface area contributed by atoms with Gasteiger partial charge in [-0.3, -0.25) is 9.59 Å². The summed E-state index contributed by atoms with van der Waals surface area (Å²) < 4.78 is 40.7. The monoisotopic (exact) mass is 656 g/mol. The van der Waals surface area contributed by atoms with Gasteiger partial charge in [-0.05, 0) is 97.7 Å². The molecule has 2 aliphatic carbocycles. The van der Waals surface area contributed by atoms with E-state index in [9.17, 15) is 23.1 Å². The molecular formula is C34H41ClN2O7S. The Morgan fingerprint density at radius 3 is 2.80 bits per heavy atom. The summed E-state index contributed by atoms with van der Waals surface area (Å²) in [6.07, 6.45) is 7.49. The van der Waals surface area contributed by atoms with Crippen molar-refractivity contribution in [2.45, 2.75) is 68.6 Å². The fourth-order valence-corrected chi connectivity index (χ4v) is 9.47. The van der Waals surface area contributed by atoms with E-state index < -0.39 is 45.6 Å². The Hall–Kier alpha value is -3.08. The third kappa shape index (κ3) is 6.33. The Bertz CT molecular complexity index is 1610. The number of methoxy groups -OCH3 is 1. The molecule has 2 bridgehead atoms. The first-order chi connectivity index (χ1) is 21.5. The van der Waals surface area contributed by atoms with E-state index in [4.69, 9.17) is 21.1 Å². The fraction of sp³-hybridized carbons (Fsp3) is 0.529. The number of ether oxygens (including phenoxy) is 2. The van der Waals surface area contributed by atoms with E-state index in [1.165, 1.54) is 18.2 Å². The van der Waals surface area contributed by atoms with E-state index >= 15 is 0 Å². The molecule has 11 heteroatoms. The van der Waals surface area contributed by atoms with E-state index in [1.807, 2.05) is 12.1 Å². The molecule has 2 aliphatic heterocycles. The van der Waals surface area contributed by atoms with Crippen LogP contribution in [0.15, 0.2) is 48.6 Å². The number of carbonyl (C=O) groups is 2. The number of nitrogens with one attached hydrogen (secondary N) is 1. The number of amides is 1. The molecule has 45 heavy (non-hydrogen) atoms. The first-order valence-electron chi connectivity index (χ1n) is 15.8. The fourth-order valence-electron chi connectivity index (χ4n) is 7.66. The summed E-state index contributed by atoms with van der Waals surface area (Å²) in [7, 11) is -3.08. The van der Waals surface area contributed by atoms with Crippen LogP contribution in [0.4, 0.5) is 5.69 Å². The van der Waals surface area contributed by atoms with E-state index in [0.29, 0.717) is 36.9 Å². The van der Waals surface area contributed by atoms with Gasteiger partial charge in [0.05, 0.1) is 37.2 Å². The van der Waals surface area contributed by atoms with Gasteiger partial charge in [-0.25, -0.2) is 13.1 Å². The molecule has 0 aromatic heterocycles. The van der Waals surface area contributed by atoms with E-state index in [1.54, 1.807) is 37.3 Å². The summed E-state index contributed by atoms with van der Waals surface area (Å²) >= 11 is 6.39. The third-order valence-electron chi connectivity index (χ3n) is 10.4. The number of aliphatic hydroxyl groups excluding tert-OH is 1. The van der Waals surface area contributed by atoms with E-state index in [0.717, 1.165) is 37.8 Å². The molecule has 4 aliphatic rings. The summed E-state index contributed by atoms with van der Waals surface area (Å²) in [4.78, 5) is 28.0. The summed E-state index contributed by atoms with van der Waals surface area (Å²) in [5, 5.41) is 10.7. The van der Waals surface area contributed by atoms with Crippen molar-refractivity contribution in [1.82, 2.24) is 4.72 Å². The topological polar surface area (TPSA) is 122 Å². The van der Waals surface area contributed by atoms with Gasteiger partial charge in [0.25, 0.3) is 5.91 Å². The normalized spacial score (nSPS) is 31.7. The number of carbonyl (C=O) groups excluding carboxylic acids is 2. The highest BCUT2D eigenvalue weighted by atomic mass is 35.5. The quantitative estimate of drug-likeness (QED) is 0.350. The maximum atomic E-state index is 13.6. The highest BCUT2D eigenvalue weighted by Gasteiger charge is 2.44. The Morgan fingerprint density at radius 1 is 1.22 bits per heavy atom. The van der Waals surface area contributed by atoms with Gasteiger partial charge in [0.1, 0.15) is 5.75 Å². The number of benzene rings is 2. The minimum absolute atomic E-state index is 0.0477. The van der Waals surface area contributed by atoms with Crippen molar-refractivity contribution < 1.29 is 32.6 Å². The van der Waals surface area contributed by atoms with Crippen molar-refractivity contribution >= 4 is 39.2 Å². The number of hydrogen-bond acceptors (Lipinski definition) is 8. The second kappa shape index (κ2) is 12.6. The maximum absolute atomic E-state index is 13.6. The number of hydrogen-bond donors (Lipinski definition) is 2. The van der Waals surface area contributed by atoms with Crippen molar-refractivity contribution in [2.24, 2.45) is 17.8 Å². The molecule has 0 unspecified atom stereocenters. The number of nitrogens with zero attached hydrogens (tertiary/aromatic N) is 1. The van der Waals surface area contributed by atoms with Crippen LogP contribution in [0, 0.1) is 17.8 Å². The standard InChI is InChI=1S/C34H41ClN2O7S/c1-21-5-3-7-29(38)26-11-8-24(26)18-37-19-34(14-4-6-22-15-25(35)10-12-27(22)34)20-44-30-13-9-23(16-28(30)37)33(40)36-45(41,42)31(21)17-32(39)43-2/h3,7,9-10,12-13,15-16,21,24,26,29,31,38H,4-6,8,11,14,17-20H2,1-2H3,(H,36,40)/b7-3+/t21-,24+,26-,29+,31+,34+/m1/s1. The molecule has 1 spiro atoms. The van der Waals surface area contributed by atoms with Crippen LogP contribution in [0.5, 0.6) is 5.75 Å². The van der Waals surface area contributed by atoms with Crippen molar-refractivity contribution in [3.63, 3.8) is 0 Å². The molecule has 2 N–H and O–H groups in total. The van der Waals surface area contributed by atoms with Gasteiger partial charge in [-0.2, -0.15) is 0 Å². The van der Waals surface area contributed by atoms with Gasteiger partial charge in [-0.1, -0.05) is 36.7 Å². The highest BCUT2D eigenvalue weighted by molar-refractivity contribution is 7.90. The smallest absolute Gasteiger partial charge is 0.306 e. The Kier molecular flexibility index (Phi) is 8.93. The number of aryl methyl sites for hydroxylation is 1. The highest BCUT2D eigenvalue weighted by Crippen LogP contribution is 2.46. The number of sulfonamides is 1. The van der Waals surface area contributed by atoms with Crippen molar-refractivity contribution in [3.8, 4) is 5.75 Å². The summed E-state index contributed by atoms with van der Waals surface area (Å²) in [6, 6.07) is 11.1. The minimum Gasteiger partial charge on any atom is -0.490 e. The zero-order chi connectivity index (χ0) is 31.9. The molecular weight excluding hydrogens is 616 g/mol. The number of halogens is 1. The van der Waals surface area contributed by atoms with Crippen molar-refractivity contribution in [2.75, 3.05) is 31.7 Å². The van der Waals surface area contributed by atoms with Crippen LogP contribution in [-0.2, 0) is 31.4 Å². The molecule has 2 aromatic carbocycles. The number of allylic oxidation sites excluding steroid dienone is 1. The predicted octanol–water partition coefficient (Wildman–Crippen LogP) is 4.79. The molecule has 9 nitrogen and oxygen atoms in total. The van der Waals surface area contributed by atoms with E-state index in [-0.39, 0.29) is 22.8 Å². The zero-order valence-corrected chi connectivity index (χ0v) is 27.3. The summed E-state index contributed by atoms with van der Waals surface area (Å²) in [5.41, 5.74) is 3.04. The number of esters is 1. The third-order valence-corrected chi connectivity index (χ3v) is 12.5. The van der Waals surface area contributed by atoms with Crippen LogP contribution < -0.4 is 14.4 Å². The first kappa shape index (κ1) is 31.9. The lowest BCUT2D eigenvalue weighted by atomic mass is 9.68. The average molecular weight is 657 g/mol. The average Bonchev–Trinajstić information content (AvgIpc) is 3.13. The summed E-state index contributed by atoms with van der Waals surface area (Å²) in [5.74, 6) is -1.08. The van der Waals surface area contributed by atoms with Gasteiger partial charge in [0, 0.05) is 29.1 Å². The molecule has 2 heterocycles. The predicted molar refractivity (Wildman–Crippen MR) is 172 cm³/mol. The molecule has 1 saturated carbocycles. The molecule has 6 atom stereocenters. The number of fused-ring (bicyclic) bond motifs is 4. The number of rotatable bonds is 2. The second-order valence-corrected chi connectivity index (χ2v) is 15.6. The first-order valence-corrected chi connectivity index (χ1v) is 17.7. The lowest BCUT2D eigenvalue weighted by molar-refractivity contribution is -0.140. The Morgan fingerprint density at radius 2 is 2.04 bits per heavy atom. The van der Waals surface area contributed by atoms with Crippen LogP contribution in [0.1, 0.15) is 66.9 Å². The van der Waals surface area contributed by atoms with Gasteiger partial charge in [0.15, 0.2) is 0 Å². The molecule has 1 amide bonds. The zero-order valence-electron chi connectivity index (χ0n) is 25.7. The minimum atomic E-state index is -4.28. The van der Waals surface area contributed by atoms with Gasteiger partial charge in [0.2, 0.25) is 10.0 Å². The van der Waals surface area contributed by atoms with Crippen LogP contribution in [-0.4, -0.2) is 63.6 Å². The second-order valence-electron chi connectivity index (χ2n) is 13.2. The SMILES string of the molecule is COC(=O)C[C@H]1[C@H](C)C/C=C/[C@H](O)[C@@H]2CC[C@H]2CN2C[C@@]3(CCCc4cc(Cl)ccc43)COc3ccc(cc32)C(=O)NS1(=O)=O. The molecule has 242 valence electrons. The van der Waals surface area contributed by atoms with Crippen molar-refractivity contribution in [3.05, 3.63) is 70.3 Å². The molecule has 1 fully saturated rings. The lowest BCUT2D eigenvalue weighted by Gasteiger charge is -2.45. The van der Waals surface area contributed by atoms with Crippen molar-refractivity contribution in [1.29, 1.82) is 0 Å². The van der Waals surface area contributed by atoms with Crippen LogP contribution in [0.3, 0.4) is 0 Å². The number of anilines is 1. The molecule has 6 rings (SSSR count). The number of aliphatic hydroxyl groups is 1. The van der Waals surface area contributed by atoms with Crippen LogP contribution in [0.25, 0.3) is 0 Å². The maximum Gasteiger partial charge on any atom is 0.306 e. The Balaban J connectivity index is 1.41. The molecule has 0 saturated heterocycles. The van der Waals surface area contributed by atoms with Gasteiger partial charge >= 0.3 is 5.97 Å². The molecule has 0 radical (unpaired) electrons. The Labute approximate surface area is 270 Å². The largest absolute Gasteiger partial charge is 0.490 e. The van der Waals surface area contributed by atoms with Gasteiger partial charge < -0.3 is 19.5 Å². The summed E-state index contributed by atoms with van der Waals surface area (Å²) in [6.45, 7) is 3.48. The van der Waals surface area contributed by atoms with Crippen LogP contribution >= 0.6 is 11.6 Å². The lowest BCUT2D eigenvalue weighted by Crippen LogP contribution is -2.49. The van der Waals surface area contributed by atoms with Gasteiger partial charge in [-0.15, -0.1) is 0 Å². The van der Waals surface area contributed by atoms with E-state index in [2.05, 4.69) is 15.7 Å².